The number of para-hydroxylation sites is 1. The minimum Gasteiger partial charge on any atom is -0.459 e. The first-order valence-electron chi connectivity index (χ1n) is 6.66. The Morgan fingerprint density at radius 2 is 1.81 bits per heavy atom. The molecule has 2 N–H and O–H groups in total. The third kappa shape index (κ3) is 1.97. The van der Waals surface area contributed by atoms with E-state index in [1.54, 1.807) is 12.1 Å². The molecule has 4 aromatic rings. The zero-order chi connectivity index (χ0) is 14.2. The van der Waals surface area contributed by atoms with E-state index in [-0.39, 0.29) is 5.91 Å². The summed E-state index contributed by atoms with van der Waals surface area (Å²) in [7, 11) is 0. The Labute approximate surface area is 120 Å². The SMILES string of the molecule is O=C(Nc1ccc2[nH]c3ccccc3c2c1)c1ccco1. The molecule has 4 heteroatoms. The summed E-state index contributed by atoms with van der Waals surface area (Å²) in [6.45, 7) is 0. The number of anilines is 1. The van der Waals surface area contributed by atoms with E-state index in [9.17, 15) is 4.79 Å². The molecule has 0 unspecified atom stereocenters. The van der Waals surface area contributed by atoms with Crippen LogP contribution in [-0.4, -0.2) is 10.9 Å². The molecule has 2 aromatic carbocycles. The summed E-state index contributed by atoms with van der Waals surface area (Å²) in [6, 6.07) is 17.2. The van der Waals surface area contributed by atoms with Gasteiger partial charge in [0, 0.05) is 27.5 Å². The van der Waals surface area contributed by atoms with Crippen molar-refractivity contribution in [2.24, 2.45) is 0 Å². The van der Waals surface area contributed by atoms with Crippen molar-refractivity contribution in [1.29, 1.82) is 0 Å². The summed E-state index contributed by atoms with van der Waals surface area (Å²) in [5, 5.41) is 5.07. The fraction of sp³-hybridized carbons (Fsp3) is 0. The maximum atomic E-state index is 12.0. The van der Waals surface area contributed by atoms with E-state index in [1.807, 2.05) is 36.4 Å². The van der Waals surface area contributed by atoms with Crippen molar-refractivity contribution in [2.75, 3.05) is 5.32 Å². The first-order chi connectivity index (χ1) is 10.3. The van der Waals surface area contributed by atoms with Crippen LogP contribution in [0.2, 0.25) is 0 Å². The molecule has 4 nitrogen and oxygen atoms in total. The number of furan rings is 1. The predicted molar refractivity (Wildman–Crippen MR) is 82.5 cm³/mol. The molecule has 1 amide bonds. The van der Waals surface area contributed by atoms with Crippen molar-refractivity contribution < 1.29 is 9.21 Å². The van der Waals surface area contributed by atoms with Crippen LogP contribution in [0.25, 0.3) is 21.8 Å². The van der Waals surface area contributed by atoms with E-state index in [2.05, 4.69) is 16.4 Å². The number of carbonyl (C=O) groups excluding carboxylic acids is 1. The minimum absolute atomic E-state index is 0.251. The number of aromatic amines is 1. The van der Waals surface area contributed by atoms with Crippen LogP contribution in [-0.2, 0) is 0 Å². The summed E-state index contributed by atoms with van der Waals surface area (Å²) < 4.78 is 5.09. The van der Waals surface area contributed by atoms with E-state index < -0.39 is 0 Å². The van der Waals surface area contributed by atoms with Crippen LogP contribution in [0.1, 0.15) is 10.6 Å². The molecule has 0 aliphatic carbocycles. The fourth-order valence-corrected chi connectivity index (χ4v) is 2.53. The van der Waals surface area contributed by atoms with Gasteiger partial charge in [0.2, 0.25) is 0 Å². The van der Waals surface area contributed by atoms with Crippen LogP contribution >= 0.6 is 0 Å². The Balaban J connectivity index is 1.76. The Hall–Kier alpha value is -3.01. The van der Waals surface area contributed by atoms with E-state index in [0.29, 0.717) is 5.76 Å². The molecule has 4 rings (SSSR count). The molecular formula is C17H12N2O2. The second-order valence-corrected chi connectivity index (χ2v) is 4.86. The summed E-state index contributed by atoms with van der Waals surface area (Å²) in [6.07, 6.45) is 1.48. The lowest BCUT2D eigenvalue weighted by Gasteiger charge is -2.03. The monoisotopic (exact) mass is 276 g/mol. The first kappa shape index (κ1) is 11.8. The van der Waals surface area contributed by atoms with E-state index in [4.69, 9.17) is 4.42 Å². The Bertz CT molecular complexity index is 936. The van der Waals surface area contributed by atoms with Crippen LogP contribution < -0.4 is 5.32 Å². The third-order valence-corrected chi connectivity index (χ3v) is 3.51. The molecule has 21 heavy (non-hydrogen) atoms. The van der Waals surface area contributed by atoms with Crippen LogP contribution in [0.4, 0.5) is 5.69 Å². The standard InChI is InChI=1S/C17H12N2O2/c20-17(16-6-3-9-21-16)18-11-7-8-15-13(10-11)12-4-1-2-5-14(12)19-15/h1-10,19H,(H,18,20). The summed E-state index contributed by atoms with van der Waals surface area (Å²) in [4.78, 5) is 15.4. The lowest BCUT2D eigenvalue weighted by molar-refractivity contribution is 0.0996. The Kier molecular flexibility index (Phi) is 2.54. The molecule has 0 aliphatic rings. The van der Waals surface area contributed by atoms with E-state index in [0.717, 1.165) is 27.5 Å². The highest BCUT2D eigenvalue weighted by atomic mass is 16.3. The van der Waals surface area contributed by atoms with Crippen molar-refractivity contribution in [3.63, 3.8) is 0 Å². The van der Waals surface area contributed by atoms with Gasteiger partial charge in [-0.3, -0.25) is 4.79 Å². The van der Waals surface area contributed by atoms with Gasteiger partial charge in [-0.1, -0.05) is 18.2 Å². The molecule has 0 saturated carbocycles. The van der Waals surface area contributed by atoms with Crippen molar-refractivity contribution in [2.45, 2.75) is 0 Å². The minimum atomic E-state index is -0.251. The van der Waals surface area contributed by atoms with Gasteiger partial charge >= 0.3 is 0 Å². The number of rotatable bonds is 2. The average Bonchev–Trinajstić information content (AvgIpc) is 3.14. The zero-order valence-electron chi connectivity index (χ0n) is 11.1. The largest absolute Gasteiger partial charge is 0.459 e. The van der Waals surface area contributed by atoms with Gasteiger partial charge in [0.05, 0.1) is 6.26 Å². The van der Waals surface area contributed by atoms with Gasteiger partial charge in [-0.15, -0.1) is 0 Å². The maximum absolute atomic E-state index is 12.0. The highest BCUT2D eigenvalue weighted by Crippen LogP contribution is 2.27. The van der Waals surface area contributed by atoms with Gasteiger partial charge < -0.3 is 14.7 Å². The van der Waals surface area contributed by atoms with Crippen LogP contribution in [0.15, 0.2) is 65.3 Å². The molecule has 0 atom stereocenters. The van der Waals surface area contributed by atoms with Gasteiger partial charge in [-0.05, 0) is 36.4 Å². The van der Waals surface area contributed by atoms with Crippen molar-refractivity contribution in [1.82, 2.24) is 4.98 Å². The molecule has 2 heterocycles. The van der Waals surface area contributed by atoms with E-state index >= 15 is 0 Å². The molecule has 0 spiro atoms. The molecule has 0 saturated heterocycles. The van der Waals surface area contributed by atoms with E-state index in [1.165, 1.54) is 6.26 Å². The zero-order valence-corrected chi connectivity index (χ0v) is 11.1. The Morgan fingerprint density at radius 3 is 2.67 bits per heavy atom. The normalized spacial score (nSPS) is 11.0. The summed E-state index contributed by atoms with van der Waals surface area (Å²) in [5.74, 6) is 0.0493. The van der Waals surface area contributed by atoms with Crippen LogP contribution in [0.3, 0.4) is 0 Å². The smallest absolute Gasteiger partial charge is 0.291 e. The summed E-state index contributed by atoms with van der Waals surface area (Å²) >= 11 is 0. The number of carbonyl (C=O) groups is 1. The molecule has 0 aliphatic heterocycles. The lowest BCUT2D eigenvalue weighted by atomic mass is 10.1. The van der Waals surface area contributed by atoms with Crippen molar-refractivity contribution >= 4 is 33.4 Å². The number of H-pyrrole nitrogens is 1. The second-order valence-electron chi connectivity index (χ2n) is 4.86. The van der Waals surface area contributed by atoms with Crippen LogP contribution in [0, 0.1) is 0 Å². The predicted octanol–water partition coefficient (Wildman–Crippen LogP) is 4.17. The third-order valence-electron chi connectivity index (χ3n) is 3.51. The van der Waals surface area contributed by atoms with Gasteiger partial charge in [-0.25, -0.2) is 0 Å². The quantitative estimate of drug-likeness (QED) is 0.577. The van der Waals surface area contributed by atoms with Crippen molar-refractivity contribution in [3.8, 4) is 0 Å². The highest BCUT2D eigenvalue weighted by molar-refractivity contribution is 6.10. The molecule has 2 aromatic heterocycles. The molecule has 0 radical (unpaired) electrons. The molecule has 0 bridgehead atoms. The maximum Gasteiger partial charge on any atom is 0.291 e. The number of aromatic nitrogens is 1. The number of hydrogen-bond acceptors (Lipinski definition) is 2. The number of fused-ring (bicyclic) bond motifs is 3. The van der Waals surface area contributed by atoms with Gasteiger partial charge in [-0.2, -0.15) is 0 Å². The highest BCUT2D eigenvalue weighted by Gasteiger charge is 2.10. The van der Waals surface area contributed by atoms with Crippen LogP contribution in [0.5, 0.6) is 0 Å². The second kappa shape index (κ2) is 4.52. The number of amides is 1. The molecule has 0 fully saturated rings. The van der Waals surface area contributed by atoms with Gasteiger partial charge in [0.15, 0.2) is 5.76 Å². The number of benzene rings is 2. The number of hydrogen-bond donors (Lipinski definition) is 2. The summed E-state index contributed by atoms with van der Waals surface area (Å²) in [5.41, 5.74) is 2.88. The lowest BCUT2D eigenvalue weighted by Crippen LogP contribution is -2.10. The topological polar surface area (TPSA) is 58.0 Å². The van der Waals surface area contributed by atoms with Gasteiger partial charge in [0.25, 0.3) is 5.91 Å². The first-order valence-corrected chi connectivity index (χ1v) is 6.66. The molecular weight excluding hydrogens is 264 g/mol. The molecule has 102 valence electrons. The fourth-order valence-electron chi connectivity index (χ4n) is 2.53. The average molecular weight is 276 g/mol. The van der Waals surface area contributed by atoms with Crippen molar-refractivity contribution in [3.05, 3.63) is 66.6 Å². The van der Waals surface area contributed by atoms with Gasteiger partial charge in [0.1, 0.15) is 0 Å². The Morgan fingerprint density at radius 1 is 0.952 bits per heavy atom. The number of nitrogens with one attached hydrogen (secondary N) is 2.